The molecular formula is C25H19ClN2O2S2. The SMILES string of the molecule is Cc1cccc(N2C(=O)/C(=C/c3ccc(Sc4ccc(Cl)cc4)cc3)C(=O)NC2=S)c1C. The van der Waals surface area contributed by atoms with Crippen molar-refractivity contribution in [3.63, 3.8) is 0 Å². The van der Waals surface area contributed by atoms with Crippen LogP contribution in [0, 0.1) is 13.8 Å². The Hall–Kier alpha value is -2.93. The van der Waals surface area contributed by atoms with Gasteiger partial charge in [-0.1, -0.05) is 47.6 Å². The highest BCUT2D eigenvalue weighted by Gasteiger charge is 2.35. The Morgan fingerprint density at radius 1 is 0.938 bits per heavy atom. The number of amides is 2. The summed E-state index contributed by atoms with van der Waals surface area (Å²) in [7, 11) is 0. The molecule has 1 fully saturated rings. The number of rotatable bonds is 4. The molecule has 0 unspecified atom stereocenters. The summed E-state index contributed by atoms with van der Waals surface area (Å²) >= 11 is 12.8. The van der Waals surface area contributed by atoms with Gasteiger partial charge in [0.2, 0.25) is 0 Å². The summed E-state index contributed by atoms with van der Waals surface area (Å²) < 4.78 is 0. The molecule has 0 atom stereocenters. The number of thiocarbonyl (C=S) groups is 1. The predicted molar refractivity (Wildman–Crippen MR) is 134 cm³/mol. The van der Waals surface area contributed by atoms with Gasteiger partial charge < -0.3 is 0 Å². The monoisotopic (exact) mass is 478 g/mol. The third-order valence-electron chi connectivity index (χ3n) is 5.16. The number of benzene rings is 3. The van der Waals surface area contributed by atoms with Crippen molar-refractivity contribution in [2.45, 2.75) is 23.6 Å². The number of anilines is 1. The average molecular weight is 479 g/mol. The number of hydrogen-bond donors (Lipinski definition) is 1. The van der Waals surface area contributed by atoms with Crippen LogP contribution in [0.25, 0.3) is 6.08 Å². The molecular weight excluding hydrogens is 460 g/mol. The smallest absolute Gasteiger partial charge is 0.270 e. The van der Waals surface area contributed by atoms with E-state index >= 15 is 0 Å². The highest BCUT2D eigenvalue weighted by molar-refractivity contribution is 7.99. The third kappa shape index (κ3) is 4.63. The van der Waals surface area contributed by atoms with E-state index in [2.05, 4.69) is 5.32 Å². The van der Waals surface area contributed by atoms with Crippen LogP contribution in [0.2, 0.25) is 5.02 Å². The number of carbonyl (C=O) groups excluding carboxylic acids is 2. The third-order valence-corrected chi connectivity index (χ3v) is 6.71. The summed E-state index contributed by atoms with van der Waals surface area (Å²) in [6.07, 6.45) is 1.59. The van der Waals surface area contributed by atoms with Crippen LogP contribution in [0.15, 0.2) is 82.1 Å². The molecule has 7 heteroatoms. The van der Waals surface area contributed by atoms with E-state index in [9.17, 15) is 9.59 Å². The zero-order chi connectivity index (χ0) is 22.8. The van der Waals surface area contributed by atoms with Gasteiger partial charge in [-0.25, -0.2) is 0 Å². The molecule has 0 saturated carbocycles. The molecule has 160 valence electrons. The van der Waals surface area contributed by atoms with E-state index in [1.165, 1.54) is 4.90 Å². The molecule has 3 aromatic carbocycles. The summed E-state index contributed by atoms with van der Waals surface area (Å²) in [5.74, 6) is -0.937. The van der Waals surface area contributed by atoms with Crippen LogP contribution in [-0.2, 0) is 9.59 Å². The Morgan fingerprint density at radius 3 is 2.22 bits per heavy atom. The summed E-state index contributed by atoms with van der Waals surface area (Å²) in [6, 6.07) is 20.9. The molecule has 0 radical (unpaired) electrons. The lowest BCUT2D eigenvalue weighted by atomic mass is 10.0. The fourth-order valence-electron chi connectivity index (χ4n) is 3.29. The second kappa shape index (κ2) is 9.28. The molecule has 4 rings (SSSR count). The Kier molecular flexibility index (Phi) is 6.46. The van der Waals surface area contributed by atoms with Crippen LogP contribution in [0.4, 0.5) is 5.69 Å². The average Bonchev–Trinajstić information content (AvgIpc) is 2.77. The van der Waals surface area contributed by atoms with Crippen molar-refractivity contribution < 1.29 is 9.59 Å². The molecule has 32 heavy (non-hydrogen) atoms. The Morgan fingerprint density at radius 2 is 1.56 bits per heavy atom. The van der Waals surface area contributed by atoms with E-state index in [1.807, 2.05) is 80.6 Å². The van der Waals surface area contributed by atoms with Gasteiger partial charge in [-0.15, -0.1) is 0 Å². The van der Waals surface area contributed by atoms with Gasteiger partial charge in [0.05, 0.1) is 5.69 Å². The van der Waals surface area contributed by atoms with Gasteiger partial charge >= 0.3 is 0 Å². The van der Waals surface area contributed by atoms with Gasteiger partial charge in [0.15, 0.2) is 5.11 Å². The van der Waals surface area contributed by atoms with Crippen LogP contribution in [0.1, 0.15) is 16.7 Å². The minimum atomic E-state index is -0.499. The van der Waals surface area contributed by atoms with Gasteiger partial charge in [0, 0.05) is 14.8 Å². The number of nitrogens with zero attached hydrogens (tertiary/aromatic N) is 1. The predicted octanol–water partition coefficient (Wildman–Crippen LogP) is 5.94. The second-order valence-electron chi connectivity index (χ2n) is 7.30. The summed E-state index contributed by atoms with van der Waals surface area (Å²) in [5, 5.41) is 3.42. The summed E-state index contributed by atoms with van der Waals surface area (Å²) in [6.45, 7) is 3.90. The maximum Gasteiger partial charge on any atom is 0.270 e. The maximum atomic E-state index is 13.2. The first-order chi connectivity index (χ1) is 15.3. The molecule has 1 aliphatic heterocycles. The minimum absolute atomic E-state index is 0.0395. The van der Waals surface area contributed by atoms with Crippen molar-refractivity contribution in [2.24, 2.45) is 0 Å². The lowest BCUT2D eigenvalue weighted by Gasteiger charge is -2.30. The van der Waals surface area contributed by atoms with E-state index in [0.29, 0.717) is 10.7 Å². The van der Waals surface area contributed by atoms with Crippen LogP contribution in [0.5, 0.6) is 0 Å². The first kappa shape index (κ1) is 22.3. The molecule has 1 aliphatic rings. The zero-order valence-corrected chi connectivity index (χ0v) is 19.8. The maximum absolute atomic E-state index is 13.2. The van der Waals surface area contributed by atoms with Crippen molar-refractivity contribution in [2.75, 3.05) is 4.90 Å². The summed E-state index contributed by atoms with van der Waals surface area (Å²) in [5.41, 5.74) is 3.42. The molecule has 0 aliphatic carbocycles. The summed E-state index contributed by atoms with van der Waals surface area (Å²) in [4.78, 5) is 29.3. The quantitative estimate of drug-likeness (QED) is 0.286. The highest BCUT2D eigenvalue weighted by atomic mass is 35.5. The van der Waals surface area contributed by atoms with Gasteiger partial charge in [0.25, 0.3) is 11.8 Å². The van der Waals surface area contributed by atoms with Crippen LogP contribution in [-0.4, -0.2) is 16.9 Å². The normalized spacial score (nSPS) is 15.3. The highest BCUT2D eigenvalue weighted by Crippen LogP contribution is 2.30. The number of nitrogens with one attached hydrogen (secondary N) is 1. The largest absolute Gasteiger partial charge is 0.298 e. The fourth-order valence-corrected chi connectivity index (χ4v) is 4.51. The van der Waals surface area contributed by atoms with Crippen LogP contribution >= 0.6 is 35.6 Å². The number of halogens is 1. The van der Waals surface area contributed by atoms with E-state index in [0.717, 1.165) is 26.5 Å². The van der Waals surface area contributed by atoms with Crippen molar-refractivity contribution in [1.29, 1.82) is 0 Å². The van der Waals surface area contributed by atoms with E-state index in [4.69, 9.17) is 23.8 Å². The molecule has 1 N–H and O–H groups in total. The van der Waals surface area contributed by atoms with Gasteiger partial charge in [-0.2, -0.15) is 0 Å². The van der Waals surface area contributed by atoms with Gasteiger partial charge in [0.1, 0.15) is 5.57 Å². The molecule has 3 aromatic rings. The first-order valence-electron chi connectivity index (χ1n) is 9.84. The van der Waals surface area contributed by atoms with E-state index in [-0.39, 0.29) is 10.7 Å². The van der Waals surface area contributed by atoms with Crippen molar-refractivity contribution in [1.82, 2.24) is 5.32 Å². The standard InChI is InChI=1S/C25H19ClN2O2S2/c1-15-4-3-5-22(16(15)2)28-24(30)21(23(29)27-25(28)31)14-17-6-10-19(11-7-17)32-20-12-8-18(26)9-13-20/h3-14H,1-2H3,(H,27,29,31)/b21-14+. The van der Waals surface area contributed by atoms with Crippen LogP contribution < -0.4 is 10.2 Å². The molecule has 0 spiro atoms. The second-order valence-corrected chi connectivity index (χ2v) is 9.27. The van der Waals surface area contributed by atoms with Crippen LogP contribution in [0.3, 0.4) is 0 Å². The number of hydrogen-bond acceptors (Lipinski definition) is 4. The van der Waals surface area contributed by atoms with Gasteiger partial charge in [-0.05, 0) is 91.3 Å². The molecule has 4 nitrogen and oxygen atoms in total. The van der Waals surface area contributed by atoms with E-state index < -0.39 is 11.8 Å². The van der Waals surface area contributed by atoms with Crippen molar-refractivity contribution in [3.05, 3.63) is 94.0 Å². The fraction of sp³-hybridized carbons (Fsp3) is 0.0800. The molecule has 1 saturated heterocycles. The Balaban J connectivity index is 1.60. The lowest BCUT2D eigenvalue weighted by Crippen LogP contribution is -2.54. The van der Waals surface area contributed by atoms with Crippen molar-refractivity contribution >= 4 is 64.3 Å². The molecule has 1 heterocycles. The molecule has 0 bridgehead atoms. The van der Waals surface area contributed by atoms with Gasteiger partial charge in [-0.3, -0.25) is 19.8 Å². The topological polar surface area (TPSA) is 49.4 Å². The molecule has 0 aromatic heterocycles. The molecule has 2 amide bonds. The number of aryl methyl sites for hydroxylation is 1. The van der Waals surface area contributed by atoms with Crippen molar-refractivity contribution in [3.8, 4) is 0 Å². The zero-order valence-electron chi connectivity index (χ0n) is 17.4. The van der Waals surface area contributed by atoms with E-state index in [1.54, 1.807) is 17.8 Å². The minimum Gasteiger partial charge on any atom is -0.298 e. The Labute approximate surface area is 201 Å². The first-order valence-corrected chi connectivity index (χ1v) is 11.4. The lowest BCUT2D eigenvalue weighted by molar-refractivity contribution is -0.122. The number of carbonyl (C=O) groups is 2. The Bertz CT molecular complexity index is 1250.